The first-order chi connectivity index (χ1) is 9.55. The number of methoxy groups -OCH3 is 1. The summed E-state index contributed by atoms with van der Waals surface area (Å²) in [6, 6.07) is 7.15. The standard InChI is InChI=1S/C14H22N2O3S/c1-13-5-3-4-6-14(13)20(17,18)16-9-7-15(8-10-16)11-12-19-2/h3-6H,7-12H2,1-2H3. The second-order valence-corrected chi connectivity index (χ2v) is 6.91. The zero-order valence-corrected chi connectivity index (χ0v) is 12.9. The quantitative estimate of drug-likeness (QED) is 0.812. The van der Waals surface area contributed by atoms with E-state index in [1.54, 1.807) is 23.5 Å². The predicted octanol–water partition coefficient (Wildman–Crippen LogP) is 0.948. The number of benzene rings is 1. The lowest BCUT2D eigenvalue weighted by Gasteiger charge is -2.34. The molecule has 112 valence electrons. The second kappa shape index (κ2) is 6.67. The van der Waals surface area contributed by atoms with Gasteiger partial charge >= 0.3 is 0 Å². The minimum absolute atomic E-state index is 0.422. The summed E-state index contributed by atoms with van der Waals surface area (Å²) in [5.41, 5.74) is 0.800. The largest absolute Gasteiger partial charge is 0.383 e. The van der Waals surface area contributed by atoms with Crippen LogP contribution < -0.4 is 0 Å². The van der Waals surface area contributed by atoms with Gasteiger partial charge in [0.2, 0.25) is 10.0 Å². The molecule has 0 bridgehead atoms. The summed E-state index contributed by atoms with van der Waals surface area (Å²) in [5.74, 6) is 0. The number of nitrogens with zero attached hydrogens (tertiary/aromatic N) is 2. The van der Waals surface area contributed by atoms with E-state index in [9.17, 15) is 8.42 Å². The SMILES string of the molecule is COCCN1CCN(S(=O)(=O)c2ccccc2C)CC1. The number of hydrogen-bond donors (Lipinski definition) is 0. The van der Waals surface area contributed by atoms with Gasteiger partial charge in [-0.05, 0) is 18.6 Å². The van der Waals surface area contributed by atoms with Gasteiger partial charge in [-0.3, -0.25) is 4.90 Å². The van der Waals surface area contributed by atoms with Crippen molar-refractivity contribution in [3.63, 3.8) is 0 Å². The van der Waals surface area contributed by atoms with E-state index >= 15 is 0 Å². The number of sulfonamides is 1. The Kier molecular flexibility index (Phi) is 5.15. The number of hydrogen-bond acceptors (Lipinski definition) is 4. The van der Waals surface area contributed by atoms with Crippen LogP contribution in [0.5, 0.6) is 0 Å². The van der Waals surface area contributed by atoms with E-state index in [2.05, 4.69) is 4.90 Å². The topological polar surface area (TPSA) is 49.9 Å². The van der Waals surface area contributed by atoms with E-state index in [-0.39, 0.29) is 0 Å². The summed E-state index contributed by atoms with van der Waals surface area (Å²) in [6.07, 6.45) is 0. The molecule has 2 rings (SSSR count). The molecule has 6 heteroatoms. The molecule has 1 aliphatic heterocycles. The third kappa shape index (κ3) is 3.38. The van der Waals surface area contributed by atoms with Crippen LogP contribution in [0.2, 0.25) is 0 Å². The highest BCUT2D eigenvalue weighted by atomic mass is 32.2. The zero-order valence-electron chi connectivity index (χ0n) is 12.1. The number of piperazine rings is 1. The Morgan fingerprint density at radius 2 is 1.80 bits per heavy atom. The summed E-state index contributed by atoms with van der Waals surface area (Å²) in [4.78, 5) is 2.65. The fraction of sp³-hybridized carbons (Fsp3) is 0.571. The Hall–Kier alpha value is -0.950. The van der Waals surface area contributed by atoms with Crippen LogP contribution in [0.25, 0.3) is 0 Å². The first kappa shape index (κ1) is 15.4. The first-order valence-electron chi connectivity index (χ1n) is 6.83. The average Bonchev–Trinajstić information content (AvgIpc) is 2.46. The van der Waals surface area contributed by atoms with Crippen molar-refractivity contribution in [2.24, 2.45) is 0 Å². The second-order valence-electron chi connectivity index (χ2n) is 5.00. The fourth-order valence-corrected chi connectivity index (χ4v) is 4.05. The van der Waals surface area contributed by atoms with Gasteiger partial charge in [-0.25, -0.2) is 8.42 Å². The number of rotatable bonds is 5. The average molecular weight is 298 g/mol. The summed E-state index contributed by atoms with van der Waals surface area (Å²) in [7, 11) is -1.68. The van der Waals surface area contributed by atoms with Crippen LogP contribution in [0.4, 0.5) is 0 Å². The predicted molar refractivity (Wildman–Crippen MR) is 78.3 cm³/mol. The molecule has 1 aromatic carbocycles. The van der Waals surface area contributed by atoms with E-state index in [0.717, 1.165) is 25.2 Å². The summed E-state index contributed by atoms with van der Waals surface area (Å²) in [6.45, 7) is 5.98. The smallest absolute Gasteiger partial charge is 0.243 e. The van der Waals surface area contributed by atoms with Crippen LogP contribution in [-0.4, -0.2) is 64.1 Å². The highest BCUT2D eigenvalue weighted by Gasteiger charge is 2.29. The maximum Gasteiger partial charge on any atom is 0.243 e. The van der Waals surface area contributed by atoms with E-state index in [4.69, 9.17) is 4.74 Å². The highest BCUT2D eigenvalue weighted by molar-refractivity contribution is 7.89. The van der Waals surface area contributed by atoms with Crippen molar-refractivity contribution in [3.05, 3.63) is 29.8 Å². The van der Waals surface area contributed by atoms with Crippen molar-refractivity contribution < 1.29 is 13.2 Å². The molecular weight excluding hydrogens is 276 g/mol. The van der Waals surface area contributed by atoms with Crippen molar-refractivity contribution in [1.29, 1.82) is 0 Å². The van der Waals surface area contributed by atoms with Crippen molar-refractivity contribution >= 4 is 10.0 Å². The molecule has 1 aromatic rings. The van der Waals surface area contributed by atoms with Gasteiger partial charge in [-0.2, -0.15) is 4.31 Å². The van der Waals surface area contributed by atoms with Gasteiger partial charge in [0.25, 0.3) is 0 Å². The van der Waals surface area contributed by atoms with Crippen LogP contribution in [0, 0.1) is 6.92 Å². The van der Waals surface area contributed by atoms with Crippen molar-refractivity contribution in [1.82, 2.24) is 9.21 Å². The maximum absolute atomic E-state index is 12.6. The molecule has 0 spiro atoms. The summed E-state index contributed by atoms with van der Waals surface area (Å²) in [5, 5.41) is 0. The monoisotopic (exact) mass is 298 g/mol. The lowest BCUT2D eigenvalue weighted by atomic mass is 10.2. The van der Waals surface area contributed by atoms with Crippen LogP contribution >= 0.6 is 0 Å². The molecule has 0 aliphatic carbocycles. The third-order valence-corrected chi connectivity index (χ3v) is 5.71. The van der Waals surface area contributed by atoms with Gasteiger partial charge in [0.15, 0.2) is 0 Å². The normalized spacial score (nSPS) is 18.3. The van der Waals surface area contributed by atoms with Gasteiger partial charge in [-0.15, -0.1) is 0 Å². The molecule has 0 saturated carbocycles. The maximum atomic E-state index is 12.6. The highest BCUT2D eigenvalue weighted by Crippen LogP contribution is 2.20. The van der Waals surface area contributed by atoms with Gasteiger partial charge in [0.1, 0.15) is 0 Å². The minimum Gasteiger partial charge on any atom is -0.383 e. The van der Waals surface area contributed by atoms with Crippen molar-refractivity contribution in [2.45, 2.75) is 11.8 Å². The van der Waals surface area contributed by atoms with Gasteiger partial charge in [0, 0.05) is 39.8 Å². The van der Waals surface area contributed by atoms with Crippen molar-refractivity contribution in [3.8, 4) is 0 Å². The van der Waals surface area contributed by atoms with Crippen LogP contribution in [0.15, 0.2) is 29.2 Å². The Bertz CT molecular complexity index is 537. The molecule has 0 unspecified atom stereocenters. The van der Waals surface area contributed by atoms with E-state index in [1.165, 1.54) is 0 Å². The van der Waals surface area contributed by atoms with E-state index < -0.39 is 10.0 Å². The molecule has 20 heavy (non-hydrogen) atoms. The number of aryl methyl sites for hydroxylation is 1. The summed E-state index contributed by atoms with van der Waals surface area (Å²) < 4.78 is 31.9. The van der Waals surface area contributed by atoms with Crippen LogP contribution in [-0.2, 0) is 14.8 Å². The Balaban J connectivity index is 2.04. The van der Waals surface area contributed by atoms with E-state index in [0.29, 0.717) is 24.6 Å². The minimum atomic E-state index is -3.36. The lowest BCUT2D eigenvalue weighted by molar-refractivity contribution is 0.123. The molecule has 0 radical (unpaired) electrons. The Morgan fingerprint density at radius 1 is 1.15 bits per heavy atom. The van der Waals surface area contributed by atoms with Gasteiger partial charge in [-0.1, -0.05) is 18.2 Å². The lowest BCUT2D eigenvalue weighted by Crippen LogP contribution is -2.49. The number of ether oxygens (including phenoxy) is 1. The molecule has 0 atom stereocenters. The fourth-order valence-electron chi connectivity index (χ4n) is 2.40. The molecule has 0 aromatic heterocycles. The molecule has 1 aliphatic rings. The first-order valence-corrected chi connectivity index (χ1v) is 8.27. The van der Waals surface area contributed by atoms with E-state index in [1.807, 2.05) is 19.1 Å². The van der Waals surface area contributed by atoms with Gasteiger partial charge < -0.3 is 4.74 Å². The molecule has 5 nitrogen and oxygen atoms in total. The Morgan fingerprint density at radius 3 is 2.40 bits per heavy atom. The molecular formula is C14H22N2O3S. The Labute approximate surface area is 121 Å². The zero-order chi connectivity index (χ0) is 14.6. The van der Waals surface area contributed by atoms with Crippen LogP contribution in [0.1, 0.15) is 5.56 Å². The summed E-state index contributed by atoms with van der Waals surface area (Å²) >= 11 is 0. The molecule has 1 saturated heterocycles. The molecule has 0 amide bonds. The molecule has 1 heterocycles. The van der Waals surface area contributed by atoms with Crippen molar-refractivity contribution in [2.75, 3.05) is 46.4 Å². The van der Waals surface area contributed by atoms with Gasteiger partial charge in [0.05, 0.1) is 11.5 Å². The third-order valence-electron chi connectivity index (χ3n) is 3.65. The van der Waals surface area contributed by atoms with Crippen LogP contribution in [0.3, 0.4) is 0 Å². The molecule has 0 N–H and O–H groups in total. The molecule has 1 fully saturated rings.